The van der Waals surface area contributed by atoms with E-state index in [1.807, 2.05) is 12.1 Å². The van der Waals surface area contributed by atoms with Gasteiger partial charge in [-0.2, -0.15) is 5.10 Å². The van der Waals surface area contributed by atoms with Crippen molar-refractivity contribution in [3.05, 3.63) is 72.3 Å². The second-order valence-corrected chi connectivity index (χ2v) is 9.84. The molecule has 0 N–H and O–H groups in total. The lowest BCUT2D eigenvalue weighted by Crippen LogP contribution is -2.48. The summed E-state index contributed by atoms with van der Waals surface area (Å²) in [6.45, 7) is 9.43. The van der Waals surface area contributed by atoms with Crippen LogP contribution in [-0.4, -0.2) is 70.7 Å². The van der Waals surface area contributed by atoms with Crippen molar-refractivity contribution >= 4 is 5.69 Å². The SMILES string of the molecule is CC(C)N1CCN(c2ccc(OCC3CC(c4ccc(F)cc4F)C(Cn4cncn4)O3)cc2)CC1. The van der Waals surface area contributed by atoms with E-state index in [-0.39, 0.29) is 18.1 Å². The highest BCUT2D eigenvalue weighted by Gasteiger charge is 2.38. The van der Waals surface area contributed by atoms with Crippen molar-refractivity contribution in [3.8, 4) is 5.75 Å². The Morgan fingerprint density at radius 2 is 1.83 bits per heavy atom. The molecule has 0 spiro atoms. The van der Waals surface area contributed by atoms with Crippen molar-refractivity contribution in [3.63, 3.8) is 0 Å². The number of anilines is 1. The number of aromatic nitrogens is 3. The fraction of sp³-hybridized carbons (Fsp3) is 0.481. The number of hydrogen-bond acceptors (Lipinski definition) is 6. The lowest BCUT2D eigenvalue weighted by molar-refractivity contribution is 0.00615. The van der Waals surface area contributed by atoms with Crippen LogP contribution in [0.25, 0.3) is 0 Å². The van der Waals surface area contributed by atoms with Crippen LogP contribution in [0.15, 0.2) is 55.1 Å². The normalized spacial score (nSPS) is 22.9. The lowest BCUT2D eigenvalue weighted by Gasteiger charge is -2.38. The Bertz CT molecular complexity index is 1120. The van der Waals surface area contributed by atoms with E-state index < -0.39 is 11.6 Å². The number of halogens is 2. The Morgan fingerprint density at radius 3 is 2.50 bits per heavy atom. The van der Waals surface area contributed by atoms with Gasteiger partial charge in [-0.1, -0.05) is 6.07 Å². The van der Waals surface area contributed by atoms with Crippen molar-refractivity contribution in [1.82, 2.24) is 19.7 Å². The first-order chi connectivity index (χ1) is 17.5. The summed E-state index contributed by atoms with van der Waals surface area (Å²) in [5, 5.41) is 4.16. The largest absolute Gasteiger partial charge is 0.491 e. The van der Waals surface area contributed by atoms with Gasteiger partial charge in [0.2, 0.25) is 0 Å². The monoisotopic (exact) mass is 497 g/mol. The molecule has 0 bridgehead atoms. The van der Waals surface area contributed by atoms with Gasteiger partial charge >= 0.3 is 0 Å². The molecule has 0 amide bonds. The minimum Gasteiger partial charge on any atom is -0.491 e. The predicted octanol–water partition coefficient (Wildman–Crippen LogP) is 4.11. The van der Waals surface area contributed by atoms with Gasteiger partial charge in [-0.25, -0.2) is 13.8 Å². The number of rotatable bonds is 8. The molecule has 0 saturated carbocycles. The maximum atomic E-state index is 14.6. The summed E-state index contributed by atoms with van der Waals surface area (Å²) < 4.78 is 42.1. The molecule has 1 aromatic heterocycles. The summed E-state index contributed by atoms with van der Waals surface area (Å²) in [7, 11) is 0. The van der Waals surface area contributed by atoms with Crippen LogP contribution >= 0.6 is 0 Å². The standard InChI is InChI=1S/C27H33F2N5O2/c1-19(2)32-9-11-33(12-10-32)21-4-6-22(7-5-21)35-16-23-14-25(24-8-3-20(28)13-26(24)29)27(36-23)15-34-18-30-17-31-34/h3-8,13,17-19,23,25,27H,9-12,14-16H2,1-2H3. The fourth-order valence-electron chi connectivity index (χ4n) is 5.19. The smallest absolute Gasteiger partial charge is 0.137 e. The highest BCUT2D eigenvalue weighted by atomic mass is 19.1. The third-order valence-corrected chi connectivity index (χ3v) is 7.21. The molecule has 2 fully saturated rings. The fourth-order valence-corrected chi connectivity index (χ4v) is 5.19. The van der Waals surface area contributed by atoms with Crippen LogP contribution in [0, 0.1) is 11.6 Å². The Kier molecular flexibility index (Phi) is 7.48. The molecule has 2 aliphatic heterocycles. The minimum absolute atomic E-state index is 0.225. The van der Waals surface area contributed by atoms with E-state index in [0.717, 1.165) is 38.0 Å². The van der Waals surface area contributed by atoms with Gasteiger partial charge in [0.25, 0.3) is 0 Å². The zero-order chi connectivity index (χ0) is 25.1. The molecule has 0 aliphatic carbocycles. The number of benzene rings is 2. The molecule has 0 radical (unpaired) electrons. The first-order valence-electron chi connectivity index (χ1n) is 12.6. The Morgan fingerprint density at radius 1 is 1.06 bits per heavy atom. The summed E-state index contributed by atoms with van der Waals surface area (Å²) >= 11 is 0. The summed E-state index contributed by atoms with van der Waals surface area (Å²) in [6.07, 6.45) is 3.08. The van der Waals surface area contributed by atoms with Gasteiger partial charge in [0.1, 0.15) is 36.6 Å². The maximum absolute atomic E-state index is 14.6. The molecule has 5 rings (SSSR count). The van der Waals surface area contributed by atoms with Crippen LogP contribution < -0.4 is 9.64 Å². The van der Waals surface area contributed by atoms with Crippen LogP contribution in [0.5, 0.6) is 5.75 Å². The molecule has 3 heterocycles. The van der Waals surface area contributed by atoms with Crippen LogP contribution in [0.4, 0.5) is 14.5 Å². The van der Waals surface area contributed by atoms with E-state index >= 15 is 0 Å². The molecule has 3 unspecified atom stereocenters. The Balaban J connectivity index is 1.20. The first-order valence-corrected chi connectivity index (χ1v) is 12.6. The number of ether oxygens (including phenoxy) is 2. The molecule has 7 nitrogen and oxygen atoms in total. The topological polar surface area (TPSA) is 55.7 Å². The van der Waals surface area contributed by atoms with Gasteiger partial charge in [0.05, 0.1) is 18.8 Å². The molecule has 36 heavy (non-hydrogen) atoms. The first kappa shape index (κ1) is 24.6. The third-order valence-electron chi connectivity index (χ3n) is 7.21. The van der Waals surface area contributed by atoms with Crippen molar-refractivity contribution in [2.75, 3.05) is 37.7 Å². The molecule has 2 aromatic carbocycles. The third kappa shape index (κ3) is 5.68. The number of hydrogen-bond donors (Lipinski definition) is 0. The molecule has 9 heteroatoms. The molecular weight excluding hydrogens is 464 g/mol. The van der Waals surface area contributed by atoms with Gasteiger partial charge in [-0.15, -0.1) is 0 Å². The van der Waals surface area contributed by atoms with Gasteiger partial charge in [0.15, 0.2) is 0 Å². The van der Waals surface area contributed by atoms with E-state index in [9.17, 15) is 8.78 Å². The van der Waals surface area contributed by atoms with E-state index in [1.54, 1.807) is 11.0 Å². The average Bonchev–Trinajstić information content (AvgIpc) is 3.53. The second kappa shape index (κ2) is 10.9. The van der Waals surface area contributed by atoms with Crippen LogP contribution in [-0.2, 0) is 11.3 Å². The van der Waals surface area contributed by atoms with E-state index in [4.69, 9.17) is 9.47 Å². The maximum Gasteiger partial charge on any atom is 0.137 e. The van der Waals surface area contributed by atoms with Crippen molar-refractivity contribution < 1.29 is 18.3 Å². The Labute approximate surface area is 210 Å². The Hall–Kier alpha value is -3.04. The summed E-state index contributed by atoms with van der Waals surface area (Å²) in [5.41, 5.74) is 1.65. The molecule has 192 valence electrons. The average molecular weight is 498 g/mol. The molecule has 3 aromatic rings. The van der Waals surface area contributed by atoms with E-state index in [1.165, 1.54) is 24.1 Å². The minimum atomic E-state index is -0.590. The van der Waals surface area contributed by atoms with Crippen LogP contribution in [0.3, 0.4) is 0 Å². The van der Waals surface area contributed by atoms with E-state index in [2.05, 4.69) is 45.9 Å². The number of piperazine rings is 1. The van der Waals surface area contributed by atoms with Gasteiger partial charge in [0, 0.05) is 49.9 Å². The van der Waals surface area contributed by atoms with Gasteiger partial charge < -0.3 is 14.4 Å². The van der Waals surface area contributed by atoms with Crippen LogP contribution in [0.2, 0.25) is 0 Å². The zero-order valence-corrected chi connectivity index (χ0v) is 20.8. The molecule has 2 saturated heterocycles. The second-order valence-electron chi connectivity index (χ2n) is 9.84. The number of nitrogens with zero attached hydrogens (tertiary/aromatic N) is 5. The summed E-state index contributed by atoms with van der Waals surface area (Å²) in [4.78, 5) is 8.88. The summed E-state index contributed by atoms with van der Waals surface area (Å²) in [6, 6.07) is 12.5. The molecular formula is C27H33F2N5O2. The van der Waals surface area contributed by atoms with E-state index in [0.29, 0.717) is 31.2 Å². The highest BCUT2D eigenvalue weighted by molar-refractivity contribution is 5.49. The zero-order valence-electron chi connectivity index (χ0n) is 20.8. The van der Waals surface area contributed by atoms with Crippen LogP contribution in [0.1, 0.15) is 31.7 Å². The molecule has 2 aliphatic rings. The predicted molar refractivity (Wildman–Crippen MR) is 133 cm³/mol. The quantitative estimate of drug-likeness (QED) is 0.467. The van der Waals surface area contributed by atoms with Crippen molar-refractivity contribution in [2.45, 2.75) is 51.0 Å². The van der Waals surface area contributed by atoms with Gasteiger partial charge in [-0.3, -0.25) is 9.58 Å². The van der Waals surface area contributed by atoms with Crippen molar-refractivity contribution in [1.29, 1.82) is 0 Å². The van der Waals surface area contributed by atoms with Gasteiger partial charge in [-0.05, 0) is 56.2 Å². The highest BCUT2D eigenvalue weighted by Crippen LogP contribution is 2.37. The lowest BCUT2D eigenvalue weighted by atomic mass is 9.90. The molecule has 3 atom stereocenters. The summed E-state index contributed by atoms with van der Waals surface area (Å²) in [5.74, 6) is -0.616. The van der Waals surface area contributed by atoms with Crippen molar-refractivity contribution in [2.24, 2.45) is 0 Å².